The van der Waals surface area contributed by atoms with E-state index < -0.39 is 0 Å². The van der Waals surface area contributed by atoms with Crippen molar-refractivity contribution in [2.45, 2.75) is 51.1 Å². The lowest BCUT2D eigenvalue weighted by atomic mass is 9.98. The number of carbonyl (C=O) groups is 2. The molecule has 1 aromatic carbocycles. The molecule has 2 saturated heterocycles. The standard InChI is InChI=1S/C25H32N4O2/c1-19-11-12-26-16-22(19)20-7-9-21(10-8-20)23(17-28-13-3-2-4-14-28)27-25(31)24-6-5-15-29(24)18-30/h7-12,16,18,23-24H,2-6,13-15,17H2,1H3,(H,27,31). The van der Waals surface area contributed by atoms with E-state index in [9.17, 15) is 9.59 Å². The number of piperidine rings is 1. The highest BCUT2D eigenvalue weighted by molar-refractivity contribution is 5.84. The van der Waals surface area contributed by atoms with Crippen LogP contribution in [0.25, 0.3) is 11.1 Å². The molecule has 31 heavy (non-hydrogen) atoms. The highest BCUT2D eigenvalue weighted by Crippen LogP contribution is 2.26. The molecular weight excluding hydrogens is 388 g/mol. The molecule has 0 spiro atoms. The third-order valence-electron chi connectivity index (χ3n) is 6.60. The summed E-state index contributed by atoms with van der Waals surface area (Å²) in [7, 11) is 0. The van der Waals surface area contributed by atoms with Gasteiger partial charge in [0.2, 0.25) is 12.3 Å². The minimum atomic E-state index is -0.348. The van der Waals surface area contributed by atoms with Gasteiger partial charge in [0.25, 0.3) is 0 Å². The summed E-state index contributed by atoms with van der Waals surface area (Å²) in [5, 5.41) is 3.26. The Hall–Kier alpha value is -2.73. The van der Waals surface area contributed by atoms with Gasteiger partial charge < -0.3 is 15.1 Å². The molecule has 4 rings (SSSR count). The van der Waals surface area contributed by atoms with E-state index in [2.05, 4.69) is 46.4 Å². The van der Waals surface area contributed by atoms with Gasteiger partial charge in [-0.3, -0.25) is 14.6 Å². The molecule has 2 aliphatic heterocycles. The van der Waals surface area contributed by atoms with Gasteiger partial charge in [-0.05, 0) is 68.5 Å². The molecule has 1 aromatic heterocycles. The van der Waals surface area contributed by atoms with Crippen LogP contribution in [0.2, 0.25) is 0 Å². The van der Waals surface area contributed by atoms with Gasteiger partial charge >= 0.3 is 0 Å². The predicted octanol–water partition coefficient (Wildman–Crippen LogP) is 3.32. The number of nitrogens with zero attached hydrogens (tertiary/aromatic N) is 3. The van der Waals surface area contributed by atoms with Crippen LogP contribution in [0.4, 0.5) is 0 Å². The summed E-state index contributed by atoms with van der Waals surface area (Å²) in [4.78, 5) is 32.7. The third kappa shape index (κ3) is 5.13. The van der Waals surface area contributed by atoms with E-state index in [0.717, 1.165) is 55.6 Å². The zero-order valence-electron chi connectivity index (χ0n) is 18.3. The lowest BCUT2D eigenvalue weighted by molar-refractivity contribution is -0.131. The molecule has 3 heterocycles. The summed E-state index contributed by atoms with van der Waals surface area (Å²) >= 11 is 0. The first-order chi connectivity index (χ1) is 15.2. The van der Waals surface area contributed by atoms with Crippen molar-refractivity contribution in [1.29, 1.82) is 0 Å². The van der Waals surface area contributed by atoms with Crippen LogP contribution in [0.3, 0.4) is 0 Å². The Labute approximate surface area is 184 Å². The number of aromatic nitrogens is 1. The Morgan fingerprint density at radius 2 is 1.90 bits per heavy atom. The molecule has 6 nitrogen and oxygen atoms in total. The molecule has 2 amide bonds. The zero-order chi connectivity index (χ0) is 21.6. The predicted molar refractivity (Wildman–Crippen MR) is 121 cm³/mol. The molecule has 2 fully saturated rings. The van der Waals surface area contributed by atoms with Gasteiger partial charge in [0.15, 0.2) is 0 Å². The Balaban J connectivity index is 1.54. The molecule has 2 atom stereocenters. The molecule has 2 aliphatic rings. The third-order valence-corrected chi connectivity index (χ3v) is 6.60. The Bertz CT molecular complexity index is 893. The molecule has 2 unspecified atom stereocenters. The summed E-state index contributed by atoms with van der Waals surface area (Å²) in [6.45, 7) is 5.69. The number of rotatable bonds is 7. The van der Waals surface area contributed by atoms with Gasteiger partial charge in [0, 0.05) is 31.0 Å². The second kappa shape index (κ2) is 10.1. The molecule has 0 saturated carbocycles. The minimum Gasteiger partial charge on any atom is -0.346 e. The molecule has 6 heteroatoms. The topological polar surface area (TPSA) is 65.5 Å². The largest absolute Gasteiger partial charge is 0.346 e. The fourth-order valence-corrected chi connectivity index (χ4v) is 4.76. The first-order valence-electron chi connectivity index (χ1n) is 11.4. The average molecular weight is 421 g/mol. The number of likely N-dealkylation sites (tertiary alicyclic amines) is 2. The Morgan fingerprint density at radius 3 is 2.61 bits per heavy atom. The number of carbonyl (C=O) groups excluding carboxylic acids is 2. The number of benzene rings is 1. The van der Waals surface area contributed by atoms with E-state index in [-0.39, 0.29) is 18.0 Å². The van der Waals surface area contributed by atoms with Crippen LogP contribution in [0.5, 0.6) is 0 Å². The number of aryl methyl sites for hydroxylation is 1. The van der Waals surface area contributed by atoms with Crippen molar-refractivity contribution in [3.8, 4) is 11.1 Å². The van der Waals surface area contributed by atoms with Crippen LogP contribution >= 0.6 is 0 Å². The van der Waals surface area contributed by atoms with Crippen molar-refractivity contribution in [3.05, 3.63) is 53.9 Å². The van der Waals surface area contributed by atoms with E-state index in [0.29, 0.717) is 6.54 Å². The van der Waals surface area contributed by atoms with Crippen molar-refractivity contribution in [2.75, 3.05) is 26.2 Å². The summed E-state index contributed by atoms with van der Waals surface area (Å²) < 4.78 is 0. The van der Waals surface area contributed by atoms with Crippen molar-refractivity contribution in [3.63, 3.8) is 0 Å². The monoisotopic (exact) mass is 420 g/mol. The summed E-state index contributed by atoms with van der Waals surface area (Å²) in [6, 6.07) is 10.0. The fourth-order valence-electron chi connectivity index (χ4n) is 4.76. The normalized spacial score (nSPS) is 20.4. The highest BCUT2D eigenvalue weighted by Gasteiger charge is 2.31. The van der Waals surface area contributed by atoms with E-state index in [1.807, 2.05) is 18.5 Å². The van der Waals surface area contributed by atoms with Gasteiger partial charge in [0.1, 0.15) is 6.04 Å². The number of nitrogens with one attached hydrogen (secondary N) is 1. The zero-order valence-corrected chi connectivity index (χ0v) is 18.3. The molecule has 0 aliphatic carbocycles. The minimum absolute atomic E-state index is 0.0428. The molecular formula is C25H32N4O2. The SMILES string of the molecule is Cc1ccncc1-c1ccc(C(CN2CCCCC2)NC(=O)C2CCCN2C=O)cc1. The molecule has 164 valence electrons. The van der Waals surface area contributed by atoms with Crippen molar-refractivity contribution >= 4 is 12.3 Å². The second-order valence-corrected chi connectivity index (χ2v) is 8.74. The second-order valence-electron chi connectivity index (χ2n) is 8.74. The fraction of sp³-hybridized carbons (Fsp3) is 0.480. The number of amides is 2. The van der Waals surface area contributed by atoms with Gasteiger partial charge in [-0.2, -0.15) is 0 Å². The van der Waals surface area contributed by atoms with Crippen molar-refractivity contribution in [2.24, 2.45) is 0 Å². The maximum atomic E-state index is 13.0. The number of pyridine rings is 1. The van der Waals surface area contributed by atoms with Crippen molar-refractivity contribution in [1.82, 2.24) is 20.1 Å². The van der Waals surface area contributed by atoms with E-state index in [4.69, 9.17) is 0 Å². The van der Waals surface area contributed by atoms with E-state index in [1.165, 1.54) is 24.8 Å². The van der Waals surface area contributed by atoms with Crippen LogP contribution in [-0.4, -0.2) is 59.3 Å². The van der Waals surface area contributed by atoms with E-state index in [1.54, 1.807) is 4.90 Å². The highest BCUT2D eigenvalue weighted by atomic mass is 16.2. The van der Waals surface area contributed by atoms with Gasteiger partial charge in [0.05, 0.1) is 6.04 Å². The van der Waals surface area contributed by atoms with Gasteiger partial charge in [-0.15, -0.1) is 0 Å². The molecule has 1 N–H and O–H groups in total. The lowest BCUT2D eigenvalue weighted by Crippen LogP contribution is -2.47. The van der Waals surface area contributed by atoms with Crippen LogP contribution in [-0.2, 0) is 9.59 Å². The van der Waals surface area contributed by atoms with Crippen LogP contribution < -0.4 is 5.32 Å². The summed E-state index contributed by atoms with van der Waals surface area (Å²) in [5.74, 6) is -0.0428. The van der Waals surface area contributed by atoms with E-state index >= 15 is 0 Å². The Morgan fingerprint density at radius 1 is 1.13 bits per heavy atom. The molecule has 0 bridgehead atoms. The summed E-state index contributed by atoms with van der Waals surface area (Å²) in [6.07, 6.45) is 9.83. The first-order valence-corrected chi connectivity index (χ1v) is 11.4. The van der Waals surface area contributed by atoms with Gasteiger partial charge in [-0.25, -0.2) is 0 Å². The maximum absolute atomic E-state index is 13.0. The lowest BCUT2D eigenvalue weighted by Gasteiger charge is -2.32. The van der Waals surface area contributed by atoms with Crippen LogP contribution in [0.15, 0.2) is 42.7 Å². The van der Waals surface area contributed by atoms with Crippen LogP contribution in [0, 0.1) is 6.92 Å². The molecule has 0 radical (unpaired) electrons. The maximum Gasteiger partial charge on any atom is 0.243 e. The van der Waals surface area contributed by atoms with Gasteiger partial charge in [-0.1, -0.05) is 30.7 Å². The smallest absolute Gasteiger partial charge is 0.243 e. The molecule has 2 aromatic rings. The first kappa shape index (κ1) is 21.5. The Kier molecular flexibility index (Phi) is 6.97. The number of hydrogen-bond acceptors (Lipinski definition) is 4. The quantitative estimate of drug-likeness (QED) is 0.698. The average Bonchev–Trinajstić information content (AvgIpc) is 3.29. The number of hydrogen-bond donors (Lipinski definition) is 1. The van der Waals surface area contributed by atoms with Crippen LogP contribution in [0.1, 0.15) is 49.3 Å². The van der Waals surface area contributed by atoms with Crippen molar-refractivity contribution < 1.29 is 9.59 Å². The summed E-state index contributed by atoms with van der Waals surface area (Å²) in [5.41, 5.74) is 4.54.